The lowest BCUT2D eigenvalue weighted by molar-refractivity contribution is 0.0653. The van der Waals surface area contributed by atoms with E-state index in [2.05, 4.69) is 0 Å². The molecule has 3 rings (SSSR count). The number of rotatable bonds is 1. The van der Waals surface area contributed by atoms with Gasteiger partial charge in [0.1, 0.15) is 0 Å². The number of fused-ring (bicyclic) bond motifs is 1. The Morgan fingerprint density at radius 1 is 1.35 bits per heavy atom. The van der Waals surface area contributed by atoms with Crippen LogP contribution in [0.2, 0.25) is 5.02 Å². The summed E-state index contributed by atoms with van der Waals surface area (Å²) < 4.78 is 1.97. The molecular weight excluding hydrogens is 236 g/mol. The predicted molar refractivity (Wildman–Crippen MR) is 68.4 cm³/mol. The number of amides is 1. The molecule has 3 nitrogen and oxygen atoms in total. The number of hydrogen-bond donors (Lipinski definition) is 0. The van der Waals surface area contributed by atoms with Gasteiger partial charge in [0.25, 0.3) is 5.91 Å². The third-order valence-electron chi connectivity index (χ3n) is 3.33. The lowest BCUT2D eigenvalue weighted by Crippen LogP contribution is -2.41. The van der Waals surface area contributed by atoms with E-state index in [9.17, 15) is 4.79 Å². The highest BCUT2D eigenvalue weighted by molar-refractivity contribution is 6.31. The zero-order chi connectivity index (χ0) is 12.0. The molecular formula is C13H13ClN2O. The molecule has 0 saturated carbocycles. The maximum atomic E-state index is 12.2. The topological polar surface area (TPSA) is 25.2 Å². The molecule has 2 aromatic rings. The molecule has 0 N–H and O–H groups in total. The van der Waals surface area contributed by atoms with E-state index in [4.69, 9.17) is 11.6 Å². The second-order valence-corrected chi connectivity index (χ2v) is 4.90. The molecule has 88 valence electrons. The Balaban J connectivity index is 2.15. The summed E-state index contributed by atoms with van der Waals surface area (Å²) in [6, 6.07) is 5.66. The van der Waals surface area contributed by atoms with Gasteiger partial charge in [-0.15, -0.1) is 0 Å². The van der Waals surface area contributed by atoms with E-state index in [0.29, 0.717) is 5.02 Å². The minimum atomic E-state index is 0.115. The van der Waals surface area contributed by atoms with E-state index < -0.39 is 0 Å². The number of aryl methyl sites for hydroxylation is 1. The molecule has 1 aliphatic heterocycles. The van der Waals surface area contributed by atoms with Crippen molar-refractivity contribution in [2.24, 2.45) is 7.05 Å². The molecule has 2 heterocycles. The number of halogens is 1. The lowest BCUT2D eigenvalue weighted by atomic mass is 10.1. The van der Waals surface area contributed by atoms with Crippen molar-refractivity contribution in [3.63, 3.8) is 0 Å². The largest absolute Gasteiger partial charge is 0.350 e. The number of carbonyl (C=O) groups is 1. The van der Waals surface area contributed by atoms with Gasteiger partial charge in [0, 0.05) is 42.3 Å². The van der Waals surface area contributed by atoms with Crippen molar-refractivity contribution in [2.75, 3.05) is 13.1 Å². The summed E-state index contributed by atoms with van der Waals surface area (Å²) in [6.07, 6.45) is 3.00. The van der Waals surface area contributed by atoms with Gasteiger partial charge in [0.2, 0.25) is 0 Å². The van der Waals surface area contributed by atoms with E-state index in [1.807, 2.05) is 40.9 Å². The van der Waals surface area contributed by atoms with Crippen molar-refractivity contribution >= 4 is 28.4 Å². The van der Waals surface area contributed by atoms with Crippen molar-refractivity contribution in [2.45, 2.75) is 6.42 Å². The van der Waals surface area contributed by atoms with Crippen LogP contribution in [0.1, 0.15) is 16.8 Å². The van der Waals surface area contributed by atoms with Gasteiger partial charge in [-0.1, -0.05) is 11.6 Å². The van der Waals surface area contributed by atoms with Crippen molar-refractivity contribution in [1.29, 1.82) is 0 Å². The predicted octanol–water partition coefficient (Wildman–Crippen LogP) is 2.68. The van der Waals surface area contributed by atoms with Crippen LogP contribution in [0.5, 0.6) is 0 Å². The standard InChI is InChI=1S/C13H13ClN2O/c1-15-8-11(13(17)16-5-2-6-16)10-7-9(14)3-4-12(10)15/h3-4,7-8H,2,5-6H2,1H3. The van der Waals surface area contributed by atoms with Crippen LogP contribution in [0.3, 0.4) is 0 Å². The van der Waals surface area contributed by atoms with Gasteiger partial charge in [-0.25, -0.2) is 0 Å². The molecule has 0 unspecified atom stereocenters. The van der Waals surface area contributed by atoms with Crippen LogP contribution in [0.4, 0.5) is 0 Å². The average molecular weight is 249 g/mol. The highest BCUT2D eigenvalue weighted by atomic mass is 35.5. The van der Waals surface area contributed by atoms with Crippen molar-refractivity contribution in [1.82, 2.24) is 9.47 Å². The first-order chi connectivity index (χ1) is 8.16. The molecule has 0 radical (unpaired) electrons. The van der Waals surface area contributed by atoms with Crippen LogP contribution in [-0.4, -0.2) is 28.5 Å². The average Bonchev–Trinajstić information content (AvgIpc) is 2.53. The molecule has 0 atom stereocenters. The van der Waals surface area contributed by atoms with Crippen LogP contribution in [0.15, 0.2) is 24.4 Å². The quantitative estimate of drug-likeness (QED) is 0.762. The van der Waals surface area contributed by atoms with E-state index in [1.165, 1.54) is 0 Å². The Labute approximate surface area is 105 Å². The minimum absolute atomic E-state index is 0.115. The van der Waals surface area contributed by atoms with Crippen LogP contribution in [0.25, 0.3) is 10.9 Å². The van der Waals surface area contributed by atoms with E-state index in [0.717, 1.165) is 36.0 Å². The Bertz CT molecular complexity index is 599. The van der Waals surface area contributed by atoms with Gasteiger partial charge in [-0.2, -0.15) is 0 Å². The summed E-state index contributed by atoms with van der Waals surface area (Å²) in [5.41, 5.74) is 1.79. The van der Waals surface area contributed by atoms with Crippen LogP contribution in [-0.2, 0) is 7.05 Å². The fourth-order valence-electron chi connectivity index (χ4n) is 2.22. The second kappa shape index (κ2) is 3.77. The zero-order valence-electron chi connectivity index (χ0n) is 9.61. The lowest BCUT2D eigenvalue weighted by Gasteiger charge is -2.30. The third-order valence-corrected chi connectivity index (χ3v) is 3.56. The monoisotopic (exact) mass is 248 g/mol. The first-order valence-corrected chi connectivity index (χ1v) is 6.08. The summed E-state index contributed by atoms with van der Waals surface area (Å²) in [5.74, 6) is 0.115. The third kappa shape index (κ3) is 1.62. The molecule has 17 heavy (non-hydrogen) atoms. The van der Waals surface area contributed by atoms with Gasteiger partial charge in [-0.3, -0.25) is 4.79 Å². The van der Waals surface area contributed by atoms with Crippen molar-refractivity contribution in [3.8, 4) is 0 Å². The first kappa shape index (κ1) is 10.7. The van der Waals surface area contributed by atoms with Crippen molar-refractivity contribution < 1.29 is 4.79 Å². The number of nitrogens with zero attached hydrogens (tertiary/aromatic N) is 2. The highest BCUT2D eigenvalue weighted by Crippen LogP contribution is 2.26. The Morgan fingerprint density at radius 2 is 2.12 bits per heavy atom. The summed E-state index contributed by atoms with van der Waals surface area (Å²) in [5, 5.41) is 1.61. The summed E-state index contributed by atoms with van der Waals surface area (Å²) >= 11 is 6.00. The maximum absolute atomic E-state index is 12.2. The number of hydrogen-bond acceptors (Lipinski definition) is 1. The smallest absolute Gasteiger partial charge is 0.256 e. The second-order valence-electron chi connectivity index (χ2n) is 4.46. The highest BCUT2D eigenvalue weighted by Gasteiger charge is 2.24. The number of benzene rings is 1. The van der Waals surface area contributed by atoms with Crippen LogP contribution < -0.4 is 0 Å². The molecule has 0 spiro atoms. The Morgan fingerprint density at radius 3 is 2.76 bits per heavy atom. The van der Waals surface area contributed by atoms with Crippen molar-refractivity contribution in [3.05, 3.63) is 35.0 Å². The van der Waals surface area contributed by atoms with E-state index in [1.54, 1.807) is 0 Å². The normalized spacial score (nSPS) is 15.1. The summed E-state index contributed by atoms with van der Waals surface area (Å²) in [7, 11) is 1.95. The van der Waals surface area contributed by atoms with E-state index >= 15 is 0 Å². The van der Waals surface area contributed by atoms with Gasteiger partial charge in [0.05, 0.1) is 5.56 Å². The molecule has 0 aliphatic carbocycles. The van der Waals surface area contributed by atoms with Crippen LogP contribution >= 0.6 is 11.6 Å². The Hall–Kier alpha value is -1.48. The van der Waals surface area contributed by atoms with Gasteiger partial charge < -0.3 is 9.47 Å². The molecule has 1 fully saturated rings. The number of carbonyl (C=O) groups excluding carboxylic acids is 1. The minimum Gasteiger partial charge on any atom is -0.350 e. The van der Waals surface area contributed by atoms with Crippen LogP contribution in [0, 0.1) is 0 Å². The zero-order valence-corrected chi connectivity index (χ0v) is 10.4. The molecule has 1 aromatic heterocycles. The SMILES string of the molecule is Cn1cc(C(=O)N2CCC2)c2cc(Cl)ccc21. The maximum Gasteiger partial charge on any atom is 0.256 e. The molecule has 1 amide bonds. The molecule has 1 aliphatic rings. The number of aromatic nitrogens is 1. The first-order valence-electron chi connectivity index (χ1n) is 5.70. The summed E-state index contributed by atoms with van der Waals surface area (Å²) in [6.45, 7) is 1.74. The molecule has 1 aromatic carbocycles. The summed E-state index contributed by atoms with van der Waals surface area (Å²) in [4.78, 5) is 14.1. The Kier molecular flexibility index (Phi) is 2.37. The van der Waals surface area contributed by atoms with Gasteiger partial charge in [0.15, 0.2) is 0 Å². The molecule has 4 heteroatoms. The fourth-order valence-corrected chi connectivity index (χ4v) is 2.40. The molecule has 1 saturated heterocycles. The number of likely N-dealkylation sites (tertiary alicyclic amines) is 1. The molecule has 0 bridgehead atoms. The fraction of sp³-hybridized carbons (Fsp3) is 0.308. The van der Waals surface area contributed by atoms with E-state index in [-0.39, 0.29) is 5.91 Å². The van der Waals surface area contributed by atoms with Gasteiger partial charge in [-0.05, 0) is 24.6 Å². The van der Waals surface area contributed by atoms with Gasteiger partial charge >= 0.3 is 0 Å².